The Morgan fingerprint density at radius 2 is 2.15 bits per heavy atom. The van der Waals surface area contributed by atoms with E-state index in [0.29, 0.717) is 11.6 Å². The number of ether oxygens (including phenoxy) is 1. The number of carbonyl (C=O) groups is 1. The second kappa shape index (κ2) is 6.65. The third kappa shape index (κ3) is 3.66. The van der Waals surface area contributed by atoms with Crippen molar-refractivity contribution in [3.63, 3.8) is 0 Å². The largest absolute Gasteiger partial charge is 0.464 e. The van der Waals surface area contributed by atoms with Crippen LogP contribution in [0.1, 0.15) is 29.0 Å². The molecule has 0 bridgehead atoms. The Hall–Kier alpha value is -1.69. The average molecular weight is 278 g/mol. The molecule has 1 fully saturated rings. The topological polar surface area (TPSA) is 67.3 Å². The van der Waals surface area contributed by atoms with Crippen LogP contribution in [0.3, 0.4) is 0 Å². The molecule has 1 aliphatic heterocycles. The third-order valence-electron chi connectivity index (χ3n) is 3.71. The maximum atomic E-state index is 11.7. The van der Waals surface area contributed by atoms with Crippen molar-refractivity contribution in [3.05, 3.63) is 17.5 Å². The van der Waals surface area contributed by atoms with Gasteiger partial charge in [0.05, 0.1) is 18.5 Å². The molecule has 0 saturated carbocycles. The van der Waals surface area contributed by atoms with Gasteiger partial charge < -0.3 is 15.0 Å². The highest BCUT2D eigenvalue weighted by molar-refractivity contribution is 5.93. The molecule has 0 amide bonds. The summed E-state index contributed by atoms with van der Waals surface area (Å²) < 4.78 is 4.73. The van der Waals surface area contributed by atoms with Crippen LogP contribution in [0.2, 0.25) is 0 Å². The average Bonchev–Trinajstić information content (AvgIpc) is 2.46. The van der Waals surface area contributed by atoms with Crippen molar-refractivity contribution >= 4 is 11.7 Å². The lowest BCUT2D eigenvalue weighted by atomic mass is 9.97. The Labute approximate surface area is 119 Å². The van der Waals surface area contributed by atoms with E-state index >= 15 is 0 Å². The lowest BCUT2D eigenvalue weighted by molar-refractivity contribution is 0.0594. The highest BCUT2D eigenvalue weighted by atomic mass is 16.5. The minimum absolute atomic E-state index is 0.256. The fraction of sp³-hybridized carbons (Fsp3) is 0.643. The van der Waals surface area contributed by atoms with Gasteiger partial charge in [-0.25, -0.2) is 4.79 Å². The van der Waals surface area contributed by atoms with Crippen molar-refractivity contribution in [1.29, 1.82) is 0 Å². The van der Waals surface area contributed by atoms with Crippen molar-refractivity contribution in [2.24, 2.45) is 5.92 Å². The molecule has 1 saturated heterocycles. The van der Waals surface area contributed by atoms with Crippen molar-refractivity contribution < 1.29 is 9.53 Å². The van der Waals surface area contributed by atoms with Crippen LogP contribution in [-0.2, 0) is 4.74 Å². The molecule has 0 unspecified atom stereocenters. The number of likely N-dealkylation sites (tertiary alicyclic amines) is 1. The molecule has 20 heavy (non-hydrogen) atoms. The van der Waals surface area contributed by atoms with E-state index in [0.717, 1.165) is 25.3 Å². The first-order valence-corrected chi connectivity index (χ1v) is 6.95. The van der Waals surface area contributed by atoms with Crippen LogP contribution >= 0.6 is 0 Å². The van der Waals surface area contributed by atoms with Gasteiger partial charge in [-0.05, 0) is 51.9 Å². The first-order chi connectivity index (χ1) is 9.60. The minimum Gasteiger partial charge on any atom is -0.464 e. The zero-order valence-corrected chi connectivity index (χ0v) is 12.3. The minimum atomic E-state index is -0.455. The lowest BCUT2D eigenvalue weighted by Crippen LogP contribution is -2.33. The Bertz CT molecular complexity index is 470. The number of hydrogen-bond donors (Lipinski definition) is 1. The highest BCUT2D eigenvalue weighted by Gasteiger charge is 2.19. The van der Waals surface area contributed by atoms with Gasteiger partial charge in [-0.1, -0.05) is 0 Å². The molecule has 0 radical (unpaired) electrons. The van der Waals surface area contributed by atoms with E-state index in [2.05, 4.69) is 27.5 Å². The van der Waals surface area contributed by atoms with E-state index in [1.165, 1.54) is 20.0 Å². The maximum Gasteiger partial charge on any atom is 0.360 e. The van der Waals surface area contributed by atoms with Gasteiger partial charge in [0.2, 0.25) is 0 Å². The normalized spacial score (nSPS) is 16.9. The maximum absolute atomic E-state index is 11.7. The van der Waals surface area contributed by atoms with E-state index in [9.17, 15) is 4.79 Å². The SMILES string of the molecule is COC(=O)c1nnc(C)cc1NCC1CCN(C)CC1. The number of aromatic nitrogens is 2. The summed E-state index contributed by atoms with van der Waals surface area (Å²) in [6, 6.07) is 1.84. The number of aryl methyl sites for hydroxylation is 1. The van der Waals surface area contributed by atoms with Gasteiger partial charge in [0.1, 0.15) is 0 Å². The zero-order valence-electron chi connectivity index (χ0n) is 12.3. The second-order valence-corrected chi connectivity index (χ2v) is 5.37. The molecular weight excluding hydrogens is 256 g/mol. The molecule has 6 nitrogen and oxygen atoms in total. The van der Waals surface area contributed by atoms with E-state index < -0.39 is 5.97 Å². The Balaban J connectivity index is 2.01. The summed E-state index contributed by atoms with van der Waals surface area (Å²) in [4.78, 5) is 14.0. The first kappa shape index (κ1) is 14.7. The zero-order chi connectivity index (χ0) is 14.5. The van der Waals surface area contributed by atoms with Crippen LogP contribution in [-0.4, -0.2) is 54.9 Å². The monoisotopic (exact) mass is 278 g/mol. The smallest absolute Gasteiger partial charge is 0.360 e. The molecule has 1 aromatic rings. The molecule has 0 spiro atoms. The molecule has 1 aliphatic rings. The number of esters is 1. The molecule has 0 atom stereocenters. The predicted molar refractivity (Wildman–Crippen MR) is 76.8 cm³/mol. The number of methoxy groups -OCH3 is 1. The number of piperidine rings is 1. The summed E-state index contributed by atoms with van der Waals surface area (Å²) in [7, 11) is 3.50. The molecule has 110 valence electrons. The van der Waals surface area contributed by atoms with E-state index in [1.807, 2.05) is 13.0 Å². The number of hydrogen-bond acceptors (Lipinski definition) is 6. The van der Waals surface area contributed by atoms with Crippen molar-refractivity contribution in [1.82, 2.24) is 15.1 Å². The standard InChI is InChI=1S/C14H22N4O2/c1-10-8-12(13(17-16-10)14(19)20-3)15-9-11-4-6-18(2)7-5-11/h8,11H,4-7,9H2,1-3H3,(H,15,16). The van der Waals surface area contributed by atoms with Crippen LogP contribution < -0.4 is 5.32 Å². The highest BCUT2D eigenvalue weighted by Crippen LogP contribution is 2.19. The lowest BCUT2D eigenvalue weighted by Gasteiger charge is -2.29. The molecule has 0 aromatic carbocycles. The van der Waals surface area contributed by atoms with E-state index in [1.54, 1.807) is 0 Å². The van der Waals surface area contributed by atoms with Gasteiger partial charge in [0, 0.05) is 6.54 Å². The van der Waals surface area contributed by atoms with Gasteiger partial charge in [-0.15, -0.1) is 5.10 Å². The summed E-state index contributed by atoms with van der Waals surface area (Å²) in [5.74, 6) is 0.175. The van der Waals surface area contributed by atoms with Gasteiger partial charge in [0.15, 0.2) is 5.69 Å². The summed E-state index contributed by atoms with van der Waals surface area (Å²) in [6.07, 6.45) is 2.35. The Morgan fingerprint density at radius 3 is 2.80 bits per heavy atom. The van der Waals surface area contributed by atoms with Crippen LogP contribution in [0, 0.1) is 12.8 Å². The molecule has 0 aliphatic carbocycles. The van der Waals surface area contributed by atoms with Gasteiger partial charge >= 0.3 is 5.97 Å². The predicted octanol–water partition coefficient (Wildman–Crippen LogP) is 1.33. The third-order valence-corrected chi connectivity index (χ3v) is 3.71. The number of anilines is 1. The fourth-order valence-corrected chi connectivity index (χ4v) is 2.39. The summed E-state index contributed by atoms with van der Waals surface area (Å²) in [5, 5.41) is 11.2. The van der Waals surface area contributed by atoms with Crippen LogP contribution in [0.25, 0.3) is 0 Å². The Morgan fingerprint density at radius 1 is 1.45 bits per heavy atom. The molecule has 2 rings (SSSR count). The van der Waals surface area contributed by atoms with E-state index in [4.69, 9.17) is 4.74 Å². The molecule has 2 heterocycles. The number of rotatable bonds is 4. The van der Waals surface area contributed by atoms with Gasteiger partial charge in [-0.2, -0.15) is 5.10 Å². The number of nitrogens with one attached hydrogen (secondary N) is 1. The Kier molecular flexibility index (Phi) is 4.89. The second-order valence-electron chi connectivity index (χ2n) is 5.37. The van der Waals surface area contributed by atoms with Gasteiger partial charge in [-0.3, -0.25) is 0 Å². The van der Waals surface area contributed by atoms with E-state index in [-0.39, 0.29) is 5.69 Å². The number of nitrogens with zero attached hydrogens (tertiary/aromatic N) is 3. The summed E-state index contributed by atoms with van der Waals surface area (Å²) >= 11 is 0. The van der Waals surface area contributed by atoms with Crippen molar-refractivity contribution in [2.45, 2.75) is 19.8 Å². The first-order valence-electron chi connectivity index (χ1n) is 6.95. The molecule has 1 aromatic heterocycles. The number of carbonyl (C=O) groups excluding carboxylic acids is 1. The molecule has 6 heteroatoms. The summed E-state index contributed by atoms with van der Waals surface area (Å²) in [6.45, 7) is 4.96. The molecular formula is C14H22N4O2. The van der Waals surface area contributed by atoms with Crippen LogP contribution in [0.5, 0.6) is 0 Å². The molecule has 1 N–H and O–H groups in total. The van der Waals surface area contributed by atoms with Crippen LogP contribution in [0.15, 0.2) is 6.07 Å². The van der Waals surface area contributed by atoms with Crippen LogP contribution in [0.4, 0.5) is 5.69 Å². The quantitative estimate of drug-likeness (QED) is 0.838. The summed E-state index contributed by atoms with van der Waals surface area (Å²) in [5.41, 5.74) is 1.75. The van der Waals surface area contributed by atoms with Crippen molar-refractivity contribution in [3.8, 4) is 0 Å². The van der Waals surface area contributed by atoms with Gasteiger partial charge in [0.25, 0.3) is 0 Å². The fourth-order valence-electron chi connectivity index (χ4n) is 2.39. The van der Waals surface area contributed by atoms with Crippen molar-refractivity contribution in [2.75, 3.05) is 39.1 Å².